The summed E-state index contributed by atoms with van der Waals surface area (Å²) < 4.78 is 12.3. The van der Waals surface area contributed by atoms with Crippen molar-refractivity contribution < 1.29 is 14.6 Å². The van der Waals surface area contributed by atoms with E-state index in [1.54, 1.807) is 14.2 Å². The largest absolute Gasteiger partial charge is 0.497 e. The molecule has 0 bridgehead atoms. The number of rotatable bonds is 6. The second kappa shape index (κ2) is 8.68. The number of ether oxygens (including phenoxy) is 2. The van der Waals surface area contributed by atoms with Crippen molar-refractivity contribution in [3.8, 4) is 17.4 Å². The average Bonchev–Trinajstić information content (AvgIpc) is 3.43. The summed E-state index contributed by atoms with van der Waals surface area (Å²) in [5.74, 6) is 1.80. The third-order valence-electron chi connectivity index (χ3n) is 5.91. The molecule has 1 aliphatic heterocycles. The Labute approximate surface area is 190 Å². The van der Waals surface area contributed by atoms with Gasteiger partial charge in [0.1, 0.15) is 17.8 Å². The zero-order valence-corrected chi connectivity index (χ0v) is 18.8. The molecule has 4 aromatic rings. The number of nitrogens with zero attached hydrogens (tertiary/aromatic N) is 5. The number of aromatic hydroxyl groups is 1. The summed E-state index contributed by atoms with van der Waals surface area (Å²) in [6.07, 6.45) is 1.46. The van der Waals surface area contributed by atoms with E-state index < -0.39 is 0 Å². The van der Waals surface area contributed by atoms with Gasteiger partial charge in [0.25, 0.3) is 0 Å². The zero-order chi connectivity index (χ0) is 22.1. The van der Waals surface area contributed by atoms with E-state index >= 15 is 0 Å². The Balaban J connectivity index is 1.44. The van der Waals surface area contributed by atoms with E-state index in [9.17, 15) is 5.11 Å². The molecule has 1 fully saturated rings. The number of anilines is 1. The number of benzene rings is 2. The van der Waals surface area contributed by atoms with Crippen LogP contribution in [0, 0.1) is 0 Å². The topological polar surface area (TPSA) is 75.4 Å². The quantitative estimate of drug-likeness (QED) is 0.481. The molecule has 0 aliphatic carbocycles. The van der Waals surface area contributed by atoms with Crippen molar-refractivity contribution in [1.82, 2.24) is 19.5 Å². The molecule has 8 nitrogen and oxygen atoms in total. The predicted octanol–water partition coefficient (Wildman–Crippen LogP) is 3.43. The van der Waals surface area contributed by atoms with Crippen LogP contribution >= 0.6 is 11.3 Å². The first-order valence-electron chi connectivity index (χ1n) is 10.5. The Morgan fingerprint density at radius 2 is 1.72 bits per heavy atom. The number of aromatic nitrogens is 3. The van der Waals surface area contributed by atoms with Gasteiger partial charge in [0, 0.05) is 31.9 Å². The minimum absolute atomic E-state index is 0.114. The van der Waals surface area contributed by atoms with E-state index in [0.717, 1.165) is 48.1 Å². The minimum Gasteiger partial charge on any atom is -0.497 e. The maximum absolute atomic E-state index is 10.9. The molecule has 32 heavy (non-hydrogen) atoms. The highest BCUT2D eigenvalue weighted by atomic mass is 32.1. The van der Waals surface area contributed by atoms with Crippen LogP contribution in [0.4, 0.5) is 5.69 Å². The van der Waals surface area contributed by atoms with Gasteiger partial charge in [-0.2, -0.15) is 9.61 Å². The van der Waals surface area contributed by atoms with E-state index in [4.69, 9.17) is 9.47 Å². The average molecular weight is 452 g/mol. The highest BCUT2D eigenvalue weighted by molar-refractivity contribution is 7.17. The first-order valence-corrected chi connectivity index (χ1v) is 11.3. The molecule has 2 aromatic heterocycles. The van der Waals surface area contributed by atoms with E-state index in [1.165, 1.54) is 27.9 Å². The van der Waals surface area contributed by atoms with Crippen LogP contribution in [-0.4, -0.2) is 65.0 Å². The monoisotopic (exact) mass is 451 g/mol. The van der Waals surface area contributed by atoms with Crippen LogP contribution in [0.5, 0.6) is 17.4 Å². The number of hydrogen-bond acceptors (Lipinski definition) is 8. The molecule has 166 valence electrons. The molecular weight excluding hydrogens is 426 g/mol. The van der Waals surface area contributed by atoms with Crippen molar-refractivity contribution in [3.05, 3.63) is 65.3 Å². The molecule has 0 radical (unpaired) electrons. The van der Waals surface area contributed by atoms with Crippen LogP contribution in [0.3, 0.4) is 0 Å². The van der Waals surface area contributed by atoms with E-state index in [-0.39, 0.29) is 11.9 Å². The second-order valence-corrected chi connectivity index (χ2v) is 8.65. The summed E-state index contributed by atoms with van der Waals surface area (Å²) in [5, 5.41) is 15.1. The fourth-order valence-electron chi connectivity index (χ4n) is 4.24. The van der Waals surface area contributed by atoms with Crippen LogP contribution in [0.25, 0.3) is 4.96 Å². The molecule has 9 heteroatoms. The summed E-state index contributed by atoms with van der Waals surface area (Å²) in [4.78, 5) is 10.6. The maximum atomic E-state index is 10.9. The number of piperazine rings is 1. The van der Waals surface area contributed by atoms with Crippen LogP contribution < -0.4 is 14.4 Å². The Kier molecular flexibility index (Phi) is 5.59. The summed E-state index contributed by atoms with van der Waals surface area (Å²) in [5.41, 5.74) is 2.26. The van der Waals surface area contributed by atoms with Crippen LogP contribution in [-0.2, 0) is 0 Å². The second-order valence-electron chi connectivity index (χ2n) is 7.64. The molecule has 5 rings (SSSR count). The lowest BCUT2D eigenvalue weighted by Crippen LogP contribution is -2.47. The standard InChI is InChI=1S/C23H25N5O3S/c1-30-18-8-6-17(7-9-18)26-10-12-27(13-11-26)20(16-4-3-5-19(14-16)31-2)21-22(29)28-23(32-21)24-15-25-28/h3-9,14-15,20,29H,10-13H2,1-2H3/t20-/m0/s1. The normalized spacial score (nSPS) is 15.8. The minimum atomic E-state index is -0.114. The van der Waals surface area contributed by atoms with Gasteiger partial charge in [0.15, 0.2) is 0 Å². The lowest BCUT2D eigenvalue weighted by molar-refractivity contribution is 0.211. The highest BCUT2D eigenvalue weighted by Crippen LogP contribution is 2.41. The molecule has 1 aliphatic rings. The van der Waals surface area contributed by atoms with Gasteiger partial charge in [-0.25, -0.2) is 4.98 Å². The molecule has 1 saturated heterocycles. The van der Waals surface area contributed by atoms with Gasteiger partial charge < -0.3 is 19.5 Å². The van der Waals surface area contributed by atoms with Crippen LogP contribution in [0.15, 0.2) is 54.9 Å². The number of methoxy groups -OCH3 is 2. The van der Waals surface area contributed by atoms with Crippen molar-refractivity contribution in [2.24, 2.45) is 0 Å². The van der Waals surface area contributed by atoms with Gasteiger partial charge in [-0.1, -0.05) is 23.5 Å². The summed E-state index contributed by atoms with van der Waals surface area (Å²) in [7, 11) is 3.35. The fraction of sp³-hybridized carbons (Fsp3) is 0.304. The molecule has 0 saturated carbocycles. The lowest BCUT2D eigenvalue weighted by Gasteiger charge is -2.40. The molecule has 0 spiro atoms. The first kappa shape index (κ1) is 20.6. The van der Waals surface area contributed by atoms with Crippen molar-refractivity contribution in [3.63, 3.8) is 0 Å². The smallest absolute Gasteiger partial charge is 0.230 e. The first-order chi connectivity index (χ1) is 15.7. The van der Waals surface area contributed by atoms with Crippen molar-refractivity contribution >= 4 is 22.0 Å². The highest BCUT2D eigenvalue weighted by Gasteiger charge is 2.31. The third-order valence-corrected chi connectivity index (χ3v) is 7.00. The predicted molar refractivity (Wildman–Crippen MR) is 124 cm³/mol. The van der Waals surface area contributed by atoms with Gasteiger partial charge in [0.05, 0.1) is 25.1 Å². The summed E-state index contributed by atoms with van der Waals surface area (Å²) in [6.45, 7) is 3.46. The molecule has 1 atom stereocenters. The SMILES string of the molecule is COc1ccc(N2CCN([C@@H](c3cccc(OC)c3)c3sc4ncnn4c3O)CC2)cc1. The van der Waals surface area contributed by atoms with Gasteiger partial charge in [-0.05, 0) is 42.0 Å². The van der Waals surface area contributed by atoms with Crippen LogP contribution in [0.2, 0.25) is 0 Å². The van der Waals surface area contributed by atoms with Gasteiger partial charge >= 0.3 is 0 Å². The van der Waals surface area contributed by atoms with E-state index in [0.29, 0.717) is 4.96 Å². The summed E-state index contributed by atoms with van der Waals surface area (Å²) in [6, 6.07) is 16.1. The molecular formula is C23H25N5O3S. The zero-order valence-electron chi connectivity index (χ0n) is 18.0. The van der Waals surface area contributed by atoms with Crippen LogP contribution in [0.1, 0.15) is 16.5 Å². The van der Waals surface area contributed by atoms with Crippen molar-refractivity contribution in [2.45, 2.75) is 6.04 Å². The van der Waals surface area contributed by atoms with Crippen molar-refractivity contribution in [2.75, 3.05) is 45.3 Å². The molecule has 0 amide bonds. The number of thiazole rings is 1. The summed E-state index contributed by atoms with van der Waals surface area (Å²) >= 11 is 1.47. The van der Waals surface area contributed by atoms with Gasteiger partial charge in [-0.3, -0.25) is 4.90 Å². The Hall–Kier alpha value is -3.30. The van der Waals surface area contributed by atoms with Crippen molar-refractivity contribution in [1.29, 1.82) is 0 Å². The fourth-order valence-corrected chi connectivity index (χ4v) is 5.33. The Bertz CT molecular complexity index is 1200. The molecule has 3 heterocycles. The Morgan fingerprint density at radius 3 is 2.41 bits per heavy atom. The van der Waals surface area contributed by atoms with Gasteiger partial charge in [-0.15, -0.1) is 0 Å². The lowest BCUT2D eigenvalue weighted by atomic mass is 10.0. The number of hydrogen-bond donors (Lipinski definition) is 1. The third kappa shape index (κ3) is 3.74. The molecule has 2 aromatic carbocycles. The Morgan fingerprint density at radius 1 is 0.969 bits per heavy atom. The molecule has 0 unspecified atom stereocenters. The number of fused-ring (bicyclic) bond motifs is 1. The maximum Gasteiger partial charge on any atom is 0.230 e. The molecule has 1 N–H and O–H groups in total. The van der Waals surface area contributed by atoms with E-state index in [2.05, 4.69) is 38.1 Å². The van der Waals surface area contributed by atoms with Gasteiger partial charge in [0.2, 0.25) is 10.8 Å². The van der Waals surface area contributed by atoms with E-state index in [1.807, 2.05) is 30.3 Å².